The minimum atomic E-state index is 0.0904. The Bertz CT molecular complexity index is 704. The van der Waals surface area contributed by atoms with Gasteiger partial charge in [0.15, 0.2) is 0 Å². The molecule has 3 rings (SSSR count). The van der Waals surface area contributed by atoms with Crippen molar-refractivity contribution in [2.75, 3.05) is 32.7 Å². The van der Waals surface area contributed by atoms with Crippen molar-refractivity contribution in [3.63, 3.8) is 0 Å². The molecule has 1 saturated heterocycles. The number of hydrogen-bond donors (Lipinski definition) is 1. The van der Waals surface area contributed by atoms with Crippen molar-refractivity contribution >= 4 is 17.2 Å². The van der Waals surface area contributed by atoms with Crippen molar-refractivity contribution in [3.8, 4) is 0 Å². The number of amides is 1. The van der Waals surface area contributed by atoms with Crippen LogP contribution >= 0.6 is 11.3 Å². The number of benzene rings is 1. The van der Waals surface area contributed by atoms with Gasteiger partial charge in [0, 0.05) is 37.6 Å². The summed E-state index contributed by atoms with van der Waals surface area (Å²) in [6.45, 7) is 11.9. The molecule has 1 aliphatic rings. The zero-order chi connectivity index (χ0) is 19.2. The Balaban J connectivity index is 1.40. The molecular weight excluding hydrogens is 354 g/mol. The summed E-state index contributed by atoms with van der Waals surface area (Å²) in [4.78, 5) is 18.3. The van der Waals surface area contributed by atoms with E-state index in [4.69, 9.17) is 0 Å². The van der Waals surface area contributed by atoms with Crippen LogP contribution in [0.15, 0.2) is 41.8 Å². The van der Waals surface area contributed by atoms with Crippen molar-refractivity contribution in [3.05, 3.63) is 57.8 Å². The highest BCUT2D eigenvalue weighted by Crippen LogP contribution is 2.18. The molecule has 4 nitrogen and oxygen atoms in total. The number of hydrogen-bond acceptors (Lipinski definition) is 4. The Hall–Kier alpha value is -1.69. The molecule has 1 N–H and O–H groups in total. The first-order valence-electron chi connectivity index (χ1n) is 9.87. The molecule has 1 amide bonds. The molecule has 27 heavy (non-hydrogen) atoms. The van der Waals surface area contributed by atoms with Crippen molar-refractivity contribution in [1.82, 2.24) is 15.1 Å². The van der Waals surface area contributed by atoms with Crippen LogP contribution in [0.4, 0.5) is 0 Å². The number of nitrogens with zero attached hydrogens (tertiary/aromatic N) is 2. The molecular formula is C22H31N3OS. The first kappa shape index (κ1) is 20.1. The first-order chi connectivity index (χ1) is 13.0. The van der Waals surface area contributed by atoms with Crippen LogP contribution in [0.25, 0.3) is 0 Å². The zero-order valence-corrected chi connectivity index (χ0v) is 17.5. The molecule has 146 valence electrons. The second kappa shape index (κ2) is 9.49. The lowest BCUT2D eigenvalue weighted by molar-refractivity contribution is -0.123. The van der Waals surface area contributed by atoms with Crippen LogP contribution in [0.2, 0.25) is 0 Å². The van der Waals surface area contributed by atoms with Crippen molar-refractivity contribution in [2.45, 2.75) is 39.3 Å². The van der Waals surface area contributed by atoms with Crippen LogP contribution in [0.3, 0.4) is 0 Å². The molecule has 1 fully saturated rings. The molecule has 1 aromatic carbocycles. The van der Waals surface area contributed by atoms with Crippen LogP contribution < -0.4 is 5.32 Å². The molecule has 0 unspecified atom stereocenters. The largest absolute Gasteiger partial charge is 0.348 e. The van der Waals surface area contributed by atoms with Gasteiger partial charge < -0.3 is 5.32 Å². The fourth-order valence-corrected chi connectivity index (χ4v) is 4.21. The SMILES string of the molecule is CC(C)c1ccc(CN2CCN(CC(=O)N[C@H](C)c3cccs3)CC2)cc1. The summed E-state index contributed by atoms with van der Waals surface area (Å²) in [5.74, 6) is 0.699. The van der Waals surface area contributed by atoms with E-state index in [0.717, 1.165) is 32.7 Å². The first-order valence-corrected chi connectivity index (χ1v) is 10.8. The fraction of sp³-hybridized carbons (Fsp3) is 0.500. The summed E-state index contributed by atoms with van der Waals surface area (Å²) in [6.07, 6.45) is 0. The highest BCUT2D eigenvalue weighted by molar-refractivity contribution is 7.10. The Labute approximate surface area is 167 Å². The number of carbonyl (C=O) groups excluding carboxylic acids is 1. The smallest absolute Gasteiger partial charge is 0.234 e. The topological polar surface area (TPSA) is 35.6 Å². The predicted octanol–water partition coefficient (Wildman–Crippen LogP) is 3.87. The summed E-state index contributed by atoms with van der Waals surface area (Å²) in [7, 11) is 0. The third-order valence-corrected chi connectivity index (χ3v) is 6.29. The Morgan fingerprint density at radius 2 is 1.70 bits per heavy atom. The number of thiophene rings is 1. The van der Waals surface area contributed by atoms with Crippen molar-refractivity contribution in [2.24, 2.45) is 0 Å². The highest BCUT2D eigenvalue weighted by Gasteiger charge is 2.20. The van der Waals surface area contributed by atoms with E-state index >= 15 is 0 Å². The van der Waals surface area contributed by atoms with Gasteiger partial charge in [-0.3, -0.25) is 14.6 Å². The Kier molecular flexibility index (Phi) is 7.05. The third-order valence-electron chi connectivity index (χ3n) is 5.23. The minimum Gasteiger partial charge on any atom is -0.348 e. The summed E-state index contributed by atoms with van der Waals surface area (Å²) < 4.78 is 0. The van der Waals surface area contributed by atoms with Crippen LogP contribution in [0.5, 0.6) is 0 Å². The second-order valence-electron chi connectivity index (χ2n) is 7.75. The highest BCUT2D eigenvalue weighted by atomic mass is 32.1. The van der Waals surface area contributed by atoms with Gasteiger partial charge in [-0.2, -0.15) is 0 Å². The summed E-state index contributed by atoms with van der Waals surface area (Å²) >= 11 is 1.69. The lowest BCUT2D eigenvalue weighted by Crippen LogP contribution is -2.49. The molecule has 1 atom stereocenters. The monoisotopic (exact) mass is 385 g/mol. The average molecular weight is 386 g/mol. The maximum atomic E-state index is 12.3. The molecule has 0 saturated carbocycles. The van der Waals surface area contributed by atoms with Gasteiger partial charge in [-0.05, 0) is 35.4 Å². The van der Waals surface area contributed by atoms with E-state index in [2.05, 4.69) is 59.3 Å². The molecule has 0 bridgehead atoms. The Morgan fingerprint density at radius 3 is 2.30 bits per heavy atom. The number of nitrogens with one attached hydrogen (secondary N) is 1. The lowest BCUT2D eigenvalue weighted by Gasteiger charge is -2.34. The molecule has 5 heteroatoms. The molecule has 1 aliphatic heterocycles. The number of rotatable bonds is 7. The fourth-order valence-electron chi connectivity index (χ4n) is 3.47. The number of carbonyl (C=O) groups is 1. The van der Waals surface area contributed by atoms with E-state index in [-0.39, 0.29) is 11.9 Å². The van der Waals surface area contributed by atoms with Crippen LogP contribution in [-0.2, 0) is 11.3 Å². The van der Waals surface area contributed by atoms with Gasteiger partial charge in [-0.25, -0.2) is 0 Å². The third kappa shape index (κ3) is 5.89. The Morgan fingerprint density at radius 1 is 1.04 bits per heavy atom. The van der Waals surface area contributed by atoms with E-state index < -0.39 is 0 Å². The number of piperazine rings is 1. The van der Waals surface area contributed by atoms with E-state index in [1.165, 1.54) is 16.0 Å². The minimum absolute atomic E-state index is 0.0904. The maximum Gasteiger partial charge on any atom is 0.234 e. The molecule has 2 heterocycles. The quantitative estimate of drug-likeness (QED) is 0.786. The normalized spacial score (nSPS) is 17.2. The van der Waals surface area contributed by atoms with Gasteiger partial charge in [-0.15, -0.1) is 11.3 Å². The van der Waals surface area contributed by atoms with Crippen LogP contribution in [0, 0.1) is 0 Å². The molecule has 0 radical (unpaired) electrons. The summed E-state index contributed by atoms with van der Waals surface area (Å²) in [6, 6.07) is 13.2. The summed E-state index contributed by atoms with van der Waals surface area (Å²) in [5.41, 5.74) is 2.77. The predicted molar refractivity (Wildman–Crippen MR) is 113 cm³/mol. The van der Waals surface area contributed by atoms with Gasteiger partial charge in [0.25, 0.3) is 0 Å². The lowest BCUT2D eigenvalue weighted by atomic mass is 10.0. The van der Waals surface area contributed by atoms with Gasteiger partial charge in [-0.1, -0.05) is 44.2 Å². The average Bonchev–Trinajstić information content (AvgIpc) is 3.18. The van der Waals surface area contributed by atoms with E-state index in [9.17, 15) is 4.79 Å². The van der Waals surface area contributed by atoms with Gasteiger partial charge >= 0.3 is 0 Å². The van der Waals surface area contributed by atoms with Crippen LogP contribution in [-0.4, -0.2) is 48.4 Å². The van der Waals surface area contributed by atoms with Gasteiger partial charge in [0.1, 0.15) is 0 Å². The van der Waals surface area contributed by atoms with Crippen molar-refractivity contribution < 1.29 is 4.79 Å². The maximum absolute atomic E-state index is 12.3. The zero-order valence-electron chi connectivity index (χ0n) is 16.6. The summed E-state index contributed by atoms with van der Waals surface area (Å²) in [5, 5.41) is 5.16. The van der Waals surface area contributed by atoms with Crippen molar-refractivity contribution in [1.29, 1.82) is 0 Å². The standard InChI is InChI=1S/C22H31N3OS/c1-17(2)20-8-6-19(7-9-20)15-24-10-12-25(13-11-24)16-22(26)23-18(3)21-5-4-14-27-21/h4-9,14,17-18H,10-13,15-16H2,1-3H3,(H,23,26)/t18-/m1/s1. The van der Waals surface area contributed by atoms with E-state index in [1.807, 2.05) is 18.4 Å². The molecule has 2 aromatic rings. The molecule has 1 aromatic heterocycles. The van der Waals surface area contributed by atoms with E-state index in [0.29, 0.717) is 12.5 Å². The second-order valence-corrected chi connectivity index (χ2v) is 8.73. The van der Waals surface area contributed by atoms with Gasteiger partial charge in [0.2, 0.25) is 5.91 Å². The molecule has 0 spiro atoms. The molecule has 0 aliphatic carbocycles. The van der Waals surface area contributed by atoms with E-state index in [1.54, 1.807) is 11.3 Å². The van der Waals surface area contributed by atoms with Crippen LogP contribution in [0.1, 0.15) is 48.7 Å². The van der Waals surface area contributed by atoms with Gasteiger partial charge in [0.05, 0.1) is 12.6 Å².